The quantitative estimate of drug-likeness (QED) is 0.667. The van der Waals surface area contributed by atoms with Gasteiger partial charge >= 0.3 is 0 Å². The van der Waals surface area contributed by atoms with Gasteiger partial charge in [-0.15, -0.1) is 0 Å². The second-order valence-corrected chi connectivity index (χ2v) is 7.11. The molecule has 0 aromatic heterocycles. The first-order chi connectivity index (χ1) is 6.48. The molecule has 0 amide bonds. The first-order valence-electron chi connectivity index (χ1n) is 5.07. The lowest BCUT2D eigenvalue weighted by Crippen LogP contribution is -2.39. The van der Waals surface area contributed by atoms with Gasteiger partial charge in [-0.25, -0.2) is 5.09 Å². The van der Waals surface area contributed by atoms with Crippen LogP contribution in [0.15, 0.2) is 0 Å². The van der Waals surface area contributed by atoms with Gasteiger partial charge < -0.3 is 9.84 Å². The van der Waals surface area contributed by atoms with Crippen LogP contribution in [0.5, 0.6) is 0 Å². The molecule has 0 aromatic rings. The maximum absolute atomic E-state index is 12.3. The van der Waals surface area contributed by atoms with E-state index in [2.05, 4.69) is 10.4 Å². The summed E-state index contributed by atoms with van der Waals surface area (Å²) < 4.78 is 17.4. The van der Waals surface area contributed by atoms with Gasteiger partial charge in [0.15, 0.2) is 0 Å². The van der Waals surface area contributed by atoms with Crippen LogP contribution in [0.4, 0.5) is 0 Å². The fourth-order valence-corrected chi connectivity index (χ4v) is 3.27. The first-order valence-corrected chi connectivity index (χ1v) is 6.77. The predicted octanol–water partition coefficient (Wildman–Crippen LogP) is 1.58. The molecule has 1 aliphatic rings. The molecule has 0 saturated heterocycles. The van der Waals surface area contributed by atoms with Crippen LogP contribution < -0.4 is 10.4 Å². The molecule has 0 aromatic carbocycles. The van der Waals surface area contributed by atoms with E-state index in [9.17, 15) is 4.57 Å². The minimum atomic E-state index is -2.65. The standard InChI is InChI=1S/C9H21N2O2P/c1-8(2)14(12,13-4)11-9(5-6-9)7-10-3/h8,10H,5-7H2,1-4H3,(H,11,12). The molecular weight excluding hydrogens is 199 g/mol. The third kappa shape index (κ3) is 2.57. The fraction of sp³-hybridized carbons (Fsp3) is 1.00. The summed E-state index contributed by atoms with van der Waals surface area (Å²) in [4.78, 5) is 0. The lowest BCUT2D eigenvalue weighted by atomic mass is 10.3. The van der Waals surface area contributed by atoms with Crippen molar-refractivity contribution in [2.24, 2.45) is 0 Å². The van der Waals surface area contributed by atoms with Crippen molar-refractivity contribution >= 4 is 7.52 Å². The summed E-state index contributed by atoms with van der Waals surface area (Å²) in [5.41, 5.74) is 0.0479. The Morgan fingerprint density at radius 2 is 2.07 bits per heavy atom. The van der Waals surface area contributed by atoms with Crippen LogP contribution in [0.2, 0.25) is 0 Å². The molecule has 0 bridgehead atoms. The van der Waals surface area contributed by atoms with Crippen LogP contribution in [0, 0.1) is 0 Å². The largest absolute Gasteiger partial charge is 0.321 e. The molecule has 1 rings (SSSR count). The van der Waals surface area contributed by atoms with E-state index in [1.807, 2.05) is 20.9 Å². The van der Waals surface area contributed by atoms with Crippen molar-refractivity contribution in [3.63, 3.8) is 0 Å². The summed E-state index contributed by atoms with van der Waals surface area (Å²) in [7, 11) is 0.778. The molecule has 5 heteroatoms. The number of hydrogen-bond donors (Lipinski definition) is 2. The molecule has 1 atom stereocenters. The highest BCUT2D eigenvalue weighted by atomic mass is 31.2. The van der Waals surface area contributed by atoms with Gasteiger partial charge in [-0.2, -0.15) is 0 Å². The average Bonchev–Trinajstić information content (AvgIpc) is 2.85. The maximum atomic E-state index is 12.3. The van der Waals surface area contributed by atoms with Crippen LogP contribution in [0.25, 0.3) is 0 Å². The molecule has 4 nitrogen and oxygen atoms in total. The van der Waals surface area contributed by atoms with E-state index in [0.717, 1.165) is 19.4 Å². The average molecular weight is 220 g/mol. The van der Waals surface area contributed by atoms with Gasteiger partial charge in [0.1, 0.15) is 0 Å². The number of hydrogen-bond acceptors (Lipinski definition) is 3. The van der Waals surface area contributed by atoms with E-state index in [1.165, 1.54) is 7.11 Å². The highest BCUT2D eigenvalue weighted by molar-refractivity contribution is 7.57. The van der Waals surface area contributed by atoms with E-state index in [-0.39, 0.29) is 11.2 Å². The Labute approximate surface area is 86.3 Å². The van der Waals surface area contributed by atoms with Crippen LogP contribution >= 0.6 is 7.52 Å². The molecule has 0 spiro atoms. The van der Waals surface area contributed by atoms with E-state index >= 15 is 0 Å². The zero-order valence-corrected chi connectivity index (χ0v) is 10.4. The van der Waals surface area contributed by atoms with Gasteiger partial charge in [-0.3, -0.25) is 4.57 Å². The smallest absolute Gasteiger partial charge is 0.272 e. The van der Waals surface area contributed by atoms with Crippen LogP contribution in [0.1, 0.15) is 26.7 Å². The van der Waals surface area contributed by atoms with Gasteiger partial charge in [0.2, 0.25) is 0 Å². The monoisotopic (exact) mass is 220 g/mol. The lowest BCUT2D eigenvalue weighted by molar-refractivity contribution is 0.361. The van der Waals surface area contributed by atoms with E-state index in [0.29, 0.717) is 0 Å². The van der Waals surface area contributed by atoms with Gasteiger partial charge in [-0.05, 0) is 19.9 Å². The van der Waals surface area contributed by atoms with E-state index < -0.39 is 7.52 Å². The molecule has 1 aliphatic carbocycles. The Morgan fingerprint density at radius 1 is 1.50 bits per heavy atom. The second-order valence-electron chi connectivity index (χ2n) is 4.30. The van der Waals surface area contributed by atoms with Gasteiger partial charge in [0, 0.05) is 24.9 Å². The van der Waals surface area contributed by atoms with Crippen molar-refractivity contribution in [2.45, 2.75) is 37.9 Å². The number of likely N-dealkylation sites (N-methyl/N-ethyl adjacent to an activating group) is 1. The van der Waals surface area contributed by atoms with Crippen molar-refractivity contribution in [2.75, 3.05) is 20.7 Å². The Balaban J connectivity index is 2.61. The molecular formula is C9H21N2O2P. The minimum Gasteiger partial charge on any atom is -0.321 e. The summed E-state index contributed by atoms with van der Waals surface area (Å²) in [5.74, 6) is 0. The molecule has 2 N–H and O–H groups in total. The molecule has 1 unspecified atom stereocenters. The van der Waals surface area contributed by atoms with Gasteiger partial charge in [0.25, 0.3) is 7.52 Å². The highest BCUT2D eigenvalue weighted by Gasteiger charge is 2.47. The zero-order chi connectivity index (χ0) is 10.8. The SMILES string of the molecule is CNCC1(NP(=O)(OC)C(C)C)CC1. The molecule has 0 radical (unpaired) electrons. The summed E-state index contributed by atoms with van der Waals surface area (Å²) in [6.07, 6.45) is 2.15. The third-order valence-corrected chi connectivity index (χ3v) is 5.40. The molecule has 84 valence electrons. The van der Waals surface area contributed by atoms with Crippen LogP contribution in [-0.2, 0) is 9.09 Å². The van der Waals surface area contributed by atoms with Crippen LogP contribution in [-0.4, -0.2) is 31.9 Å². The zero-order valence-electron chi connectivity index (χ0n) is 9.46. The summed E-state index contributed by atoms with van der Waals surface area (Å²) in [5, 5.41) is 6.32. The molecule has 14 heavy (non-hydrogen) atoms. The van der Waals surface area contributed by atoms with Crippen molar-refractivity contribution in [1.29, 1.82) is 0 Å². The van der Waals surface area contributed by atoms with E-state index in [4.69, 9.17) is 4.52 Å². The Morgan fingerprint density at radius 3 is 2.36 bits per heavy atom. The molecule has 0 heterocycles. The molecule has 1 fully saturated rings. The fourth-order valence-electron chi connectivity index (χ4n) is 1.53. The van der Waals surface area contributed by atoms with Gasteiger partial charge in [0.05, 0.1) is 0 Å². The Kier molecular flexibility index (Phi) is 3.75. The summed E-state index contributed by atoms with van der Waals surface area (Å²) in [6, 6.07) is 0. The second kappa shape index (κ2) is 4.31. The summed E-state index contributed by atoms with van der Waals surface area (Å²) in [6.45, 7) is 4.70. The van der Waals surface area contributed by atoms with E-state index in [1.54, 1.807) is 0 Å². The van der Waals surface area contributed by atoms with Gasteiger partial charge in [-0.1, -0.05) is 13.8 Å². The van der Waals surface area contributed by atoms with Crippen LogP contribution in [0.3, 0.4) is 0 Å². The van der Waals surface area contributed by atoms with Crippen molar-refractivity contribution in [3.8, 4) is 0 Å². The minimum absolute atomic E-state index is 0.0184. The first kappa shape index (κ1) is 12.2. The maximum Gasteiger partial charge on any atom is 0.272 e. The number of nitrogens with one attached hydrogen (secondary N) is 2. The normalized spacial score (nSPS) is 23.5. The third-order valence-electron chi connectivity index (χ3n) is 2.71. The highest BCUT2D eigenvalue weighted by Crippen LogP contribution is 2.53. The summed E-state index contributed by atoms with van der Waals surface area (Å²) >= 11 is 0. The number of rotatable bonds is 6. The molecule has 0 aliphatic heterocycles. The van der Waals surface area contributed by atoms with Crippen molar-refractivity contribution in [1.82, 2.24) is 10.4 Å². The lowest BCUT2D eigenvalue weighted by Gasteiger charge is -2.26. The molecule has 1 saturated carbocycles. The Hall–Kier alpha value is 0.110. The van der Waals surface area contributed by atoms with Crippen molar-refractivity contribution in [3.05, 3.63) is 0 Å². The Bertz CT molecular complexity index is 239. The predicted molar refractivity (Wildman–Crippen MR) is 58.8 cm³/mol. The topological polar surface area (TPSA) is 50.4 Å². The van der Waals surface area contributed by atoms with Crippen molar-refractivity contribution < 1.29 is 9.09 Å².